The standard InChI is InChI=1S/C13H23N5O3/c1-17(2)5-4-6-18(3)13(21)16-11(12(19)20)7-10-8-14-9-15-10/h8-9,11H,4-7H2,1-3H3,(H,14,15)(H,16,21)(H,19,20)/t11-/m1/s1. The van der Waals surface area contributed by atoms with Crippen molar-refractivity contribution >= 4 is 12.0 Å². The number of urea groups is 1. The Balaban J connectivity index is 2.46. The van der Waals surface area contributed by atoms with Gasteiger partial charge in [-0.2, -0.15) is 0 Å². The van der Waals surface area contributed by atoms with Crippen LogP contribution in [0.25, 0.3) is 0 Å². The molecule has 0 saturated heterocycles. The number of imidazole rings is 1. The van der Waals surface area contributed by atoms with Crippen LogP contribution in [0.3, 0.4) is 0 Å². The van der Waals surface area contributed by atoms with E-state index in [1.807, 2.05) is 19.0 Å². The van der Waals surface area contributed by atoms with Crippen molar-refractivity contribution in [3.63, 3.8) is 0 Å². The van der Waals surface area contributed by atoms with Crippen molar-refractivity contribution in [2.45, 2.75) is 18.9 Å². The number of hydrogen-bond donors (Lipinski definition) is 3. The molecule has 0 bridgehead atoms. The van der Waals surface area contributed by atoms with E-state index in [1.165, 1.54) is 11.2 Å². The minimum Gasteiger partial charge on any atom is -0.480 e. The van der Waals surface area contributed by atoms with Crippen molar-refractivity contribution in [2.75, 3.05) is 34.2 Å². The summed E-state index contributed by atoms with van der Waals surface area (Å²) in [6.45, 7) is 1.44. The highest BCUT2D eigenvalue weighted by atomic mass is 16.4. The molecule has 1 aromatic heterocycles. The number of rotatable bonds is 8. The lowest BCUT2D eigenvalue weighted by Crippen LogP contribution is -2.48. The number of aromatic amines is 1. The van der Waals surface area contributed by atoms with Crippen molar-refractivity contribution in [3.8, 4) is 0 Å². The predicted molar refractivity (Wildman–Crippen MR) is 78.0 cm³/mol. The molecule has 0 fully saturated rings. The van der Waals surface area contributed by atoms with E-state index in [9.17, 15) is 14.7 Å². The van der Waals surface area contributed by atoms with Crippen LogP contribution < -0.4 is 5.32 Å². The molecule has 1 rings (SSSR count). The van der Waals surface area contributed by atoms with E-state index in [1.54, 1.807) is 13.2 Å². The van der Waals surface area contributed by atoms with Gasteiger partial charge in [0.1, 0.15) is 6.04 Å². The maximum Gasteiger partial charge on any atom is 0.326 e. The second-order valence-corrected chi connectivity index (χ2v) is 5.20. The molecule has 0 radical (unpaired) electrons. The van der Waals surface area contributed by atoms with Crippen molar-refractivity contribution in [2.24, 2.45) is 0 Å². The number of hydrogen-bond acceptors (Lipinski definition) is 4. The molecule has 0 unspecified atom stereocenters. The number of carboxylic acids is 1. The molecule has 8 nitrogen and oxygen atoms in total. The van der Waals surface area contributed by atoms with Gasteiger partial charge in [0.2, 0.25) is 0 Å². The van der Waals surface area contributed by atoms with Gasteiger partial charge in [-0.3, -0.25) is 0 Å². The molecule has 0 spiro atoms. The molecule has 2 amide bonds. The molecular formula is C13H23N5O3. The first kappa shape index (κ1) is 17.0. The molecule has 0 aliphatic carbocycles. The third-order valence-corrected chi connectivity index (χ3v) is 3.02. The van der Waals surface area contributed by atoms with E-state index < -0.39 is 12.0 Å². The summed E-state index contributed by atoms with van der Waals surface area (Å²) in [6, 6.07) is -1.37. The average molecular weight is 297 g/mol. The van der Waals surface area contributed by atoms with Gasteiger partial charge < -0.3 is 25.2 Å². The molecule has 118 valence electrons. The predicted octanol–water partition coefficient (Wildman–Crippen LogP) is -0.00150. The number of carbonyl (C=O) groups excluding carboxylic acids is 1. The number of aromatic nitrogens is 2. The maximum absolute atomic E-state index is 12.0. The monoisotopic (exact) mass is 297 g/mol. The first-order valence-corrected chi connectivity index (χ1v) is 6.76. The van der Waals surface area contributed by atoms with Crippen LogP contribution in [0.5, 0.6) is 0 Å². The Labute approximate surface area is 124 Å². The molecule has 0 aromatic carbocycles. The van der Waals surface area contributed by atoms with E-state index in [0.29, 0.717) is 12.2 Å². The Hall–Kier alpha value is -2.09. The van der Waals surface area contributed by atoms with Gasteiger partial charge in [-0.05, 0) is 27.1 Å². The number of carboxylic acid groups (broad SMARTS) is 1. The zero-order valence-electron chi connectivity index (χ0n) is 12.7. The van der Waals surface area contributed by atoms with Gasteiger partial charge in [0.15, 0.2) is 0 Å². The van der Waals surface area contributed by atoms with Crippen LogP contribution in [0.4, 0.5) is 4.79 Å². The van der Waals surface area contributed by atoms with E-state index >= 15 is 0 Å². The average Bonchev–Trinajstić information content (AvgIpc) is 2.90. The van der Waals surface area contributed by atoms with Gasteiger partial charge in [0.05, 0.1) is 6.33 Å². The maximum atomic E-state index is 12.0. The molecular weight excluding hydrogens is 274 g/mol. The van der Waals surface area contributed by atoms with Gasteiger partial charge in [-0.25, -0.2) is 14.6 Å². The molecule has 3 N–H and O–H groups in total. The quantitative estimate of drug-likeness (QED) is 0.627. The Morgan fingerprint density at radius 1 is 1.38 bits per heavy atom. The van der Waals surface area contributed by atoms with Crippen LogP contribution in [0.15, 0.2) is 12.5 Å². The van der Waals surface area contributed by atoms with E-state index in [2.05, 4.69) is 15.3 Å². The SMILES string of the molecule is CN(C)CCCN(C)C(=O)N[C@H](Cc1cnc[nH]1)C(=O)O. The molecule has 1 aromatic rings. The second kappa shape index (κ2) is 8.25. The van der Waals surface area contributed by atoms with Gasteiger partial charge in [-0.15, -0.1) is 0 Å². The number of nitrogens with one attached hydrogen (secondary N) is 2. The first-order chi connectivity index (χ1) is 9.90. The van der Waals surface area contributed by atoms with Gasteiger partial charge >= 0.3 is 12.0 Å². The van der Waals surface area contributed by atoms with Crippen LogP contribution >= 0.6 is 0 Å². The summed E-state index contributed by atoms with van der Waals surface area (Å²) in [4.78, 5) is 33.4. The molecule has 0 saturated carbocycles. The Morgan fingerprint density at radius 2 is 2.10 bits per heavy atom. The summed E-state index contributed by atoms with van der Waals surface area (Å²) in [6.07, 6.45) is 4.02. The zero-order valence-corrected chi connectivity index (χ0v) is 12.7. The minimum absolute atomic E-state index is 0.173. The summed E-state index contributed by atoms with van der Waals surface area (Å²) in [5.41, 5.74) is 0.665. The molecule has 1 atom stereocenters. The molecule has 0 aliphatic rings. The van der Waals surface area contributed by atoms with Crippen molar-refractivity contribution in [1.82, 2.24) is 25.1 Å². The summed E-state index contributed by atoms with van der Waals surface area (Å²) < 4.78 is 0. The smallest absolute Gasteiger partial charge is 0.326 e. The van der Waals surface area contributed by atoms with Crippen molar-refractivity contribution < 1.29 is 14.7 Å². The number of carbonyl (C=O) groups is 2. The van der Waals surface area contributed by atoms with Crippen molar-refractivity contribution in [1.29, 1.82) is 0 Å². The summed E-state index contributed by atoms with van der Waals surface area (Å²) in [7, 11) is 5.58. The van der Waals surface area contributed by atoms with Gasteiger partial charge in [0, 0.05) is 31.9 Å². The Bertz CT molecular complexity index is 447. The largest absolute Gasteiger partial charge is 0.480 e. The lowest BCUT2D eigenvalue weighted by Gasteiger charge is -2.21. The first-order valence-electron chi connectivity index (χ1n) is 6.76. The van der Waals surface area contributed by atoms with Gasteiger partial charge in [0.25, 0.3) is 0 Å². The highest BCUT2D eigenvalue weighted by Gasteiger charge is 2.22. The number of amides is 2. The second-order valence-electron chi connectivity index (χ2n) is 5.20. The fourth-order valence-corrected chi connectivity index (χ4v) is 1.80. The number of H-pyrrole nitrogens is 1. The third-order valence-electron chi connectivity index (χ3n) is 3.02. The third kappa shape index (κ3) is 6.26. The summed E-state index contributed by atoms with van der Waals surface area (Å²) in [5, 5.41) is 11.7. The van der Waals surface area contributed by atoms with E-state index in [-0.39, 0.29) is 12.5 Å². The zero-order chi connectivity index (χ0) is 15.8. The van der Waals surface area contributed by atoms with E-state index in [4.69, 9.17) is 0 Å². The van der Waals surface area contributed by atoms with Crippen molar-refractivity contribution in [3.05, 3.63) is 18.2 Å². The van der Waals surface area contributed by atoms with Crippen LogP contribution in [-0.2, 0) is 11.2 Å². The fourth-order valence-electron chi connectivity index (χ4n) is 1.80. The highest BCUT2D eigenvalue weighted by Crippen LogP contribution is 2.00. The minimum atomic E-state index is -1.07. The summed E-state index contributed by atoms with van der Waals surface area (Å²) in [5.74, 6) is -1.07. The Kier molecular flexibility index (Phi) is 6.67. The normalized spacial score (nSPS) is 12.2. The molecule has 8 heteroatoms. The molecule has 21 heavy (non-hydrogen) atoms. The highest BCUT2D eigenvalue weighted by molar-refractivity contribution is 5.82. The van der Waals surface area contributed by atoms with E-state index in [0.717, 1.165) is 13.0 Å². The van der Waals surface area contributed by atoms with Crippen LogP contribution in [0.2, 0.25) is 0 Å². The summed E-state index contributed by atoms with van der Waals surface area (Å²) >= 11 is 0. The molecule has 0 aliphatic heterocycles. The lowest BCUT2D eigenvalue weighted by molar-refractivity contribution is -0.139. The number of aliphatic carboxylic acids is 1. The fraction of sp³-hybridized carbons (Fsp3) is 0.615. The topological polar surface area (TPSA) is 102 Å². The number of nitrogens with zero attached hydrogens (tertiary/aromatic N) is 3. The van der Waals surface area contributed by atoms with Crippen LogP contribution in [0.1, 0.15) is 12.1 Å². The molecule has 1 heterocycles. The Morgan fingerprint density at radius 3 is 2.62 bits per heavy atom. The lowest BCUT2D eigenvalue weighted by atomic mass is 10.1. The van der Waals surface area contributed by atoms with Crippen LogP contribution in [-0.4, -0.2) is 77.1 Å². The van der Waals surface area contributed by atoms with Crippen LogP contribution in [0, 0.1) is 0 Å². The van der Waals surface area contributed by atoms with Gasteiger partial charge in [-0.1, -0.05) is 0 Å².